The summed E-state index contributed by atoms with van der Waals surface area (Å²) >= 11 is 0. The summed E-state index contributed by atoms with van der Waals surface area (Å²) in [6, 6.07) is 0.614. The number of carbonyl (C=O) groups excluding carboxylic acids is 1. The van der Waals surface area contributed by atoms with E-state index in [0.717, 1.165) is 39.1 Å². The van der Waals surface area contributed by atoms with Gasteiger partial charge in [0.2, 0.25) is 5.91 Å². The topological polar surface area (TPSA) is 35.6 Å². The first-order valence-electron chi connectivity index (χ1n) is 7.44. The Labute approximate surface area is 112 Å². The molecule has 0 aromatic carbocycles. The van der Waals surface area contributed by atoms with Crippen molar-refractivity contribution >= 4 is 5.91 Å². The molecule has 0 aromatic rings. The van der Waals surface area contributed by atoms with Crippen LogP contribution in [0.5, 0.6) is 0 Å². The van der Waals surface area contributed by atoms with E-state index in [1.807, 2.05) is 4.90 Å². The molecule has 0 aromatic heterocycles. The van der Waals surface area contributed by atoms with Crippen molar-refractivity contribution in [2.75, 3.05) is 39.3 Å². The lowest BCUT2D eigenvalue weighted by atomic mass is 10.3. The molecule has 0 saturated heterocycles. The van der Waals surface area contributed by atoms with Crippen LogP contribution in [0.3, 0.4) is 0 Å². The SMILES string of the molecule is CCN(CC)CCCN(CC)C(=O)CNC1CC1. The highest BCUT2D eigenvalue weighted by Crippen LogP contribution is 2.18. The monoisotopic (exact) mass is 255 g/mol. The summed E-state index contributed by atoms with van der Waals surface area (Å²) in [5, 5.41) is 3.29. The van der Waals surface area contributed by atoms with E-state index in [-0.39, 0.29) is 5.91 Å². The van der Waals surface area contributed by atoms with E-state index in [4.69, 9.17) is 0 Å². The normalized spacial score (nSPS) is 15.1. The van der Waals surface area contributed by atoms with Crippen LogP contribution in [0.2, 0.25) is 0 Å². The van der Waals surface area contributed by atoms with Gasteiger partial charge in [-0.3, -0.25) is 4.79 Å². The molecule has 0 heterocycles. The molecule has 1 rings (SSSR count). The first kappa shape index (κ1) is 15.4. The van der Waals surface area contributed by atoms with Gasteiger partial charge in [-0.1, -0.05) is 13.8 Å². The van der Waals surface area contributed by atoms with Gasteiger partial charge in [-0.15, -0.1) is 0 Å². The zero-order chi connectivity index (χ0) is 13.4. The third-order valence-corrected chi connectivity index (χ3v) is 3.65. The maximum Gasteiger partial charge on any atom is 0.236 e. The quantitative estimate of drug-likeness (QED) is 0.639. The van der Waals surface area contributed by atoms with Crippen molar-refractivity contribution in [2.45, 2.75) is 46.1 Å². The molecule has 0 radical (unpaired) electrons. The average molecular weight is 255 g/mol. The van der Waals surface area contributed by atoms with Crippen LogP contribution in [-0.4, -0.2) is 61.0 Å². The van der Waals surface area contributed by atoms with Crippen LogP contribution in [0.4, 0.5) is 0 Å². The van der Waals surface area contributed by atoms with E-state index >= 15 is 0 Å². The Kier molecular flexibility index (Phi) is 7.28. The molecule has 0 spiro atoms. The van der Waals surface area contributed by atoms with Crippen molar-refractivity contribution in [1.82, 2.24) is 15.1 Å². The Bertz CT molecular complexity index is 237. The molecule has 1 fully saturated rings. The Morgan fingerprint density at radius 2 is 1.78 bits per heavy atom. The van der Waals surface area contributed by atoms with Crippen molar-refractivity contribution in [2.24, 2.45) is 0 Å². The molecule has 4 nitrogen and oxygen atoms in total. The van der Waals surface area contributed by atoms with Crippen molar-refractivity contribution < 1.29 is 4.79 Å². The zero-order valence-corrected chi connectivity index (χ0v) is 12.2. The molecular weight excluding hydrogens is 226 g/mol. The number of nitrogens with zero attached hydrogens (tertiary/aromatic N) is 2. The highest BCUT2D eigenvalue weighted by molar-refractivity contribution is 5.78. The zero-order valence-electron chi connectivity index (χ0n) is 12.2. The van der Waals surface area contributed by atoms with E-state index in [2.05, 4.69) is 31.0 Å². The molecule has 1 amide bonds. The molecule has 1 N–H and O–H groups in total. The standard InChI is InChI=1S/C14H29N3O/c1-4-16(5-2)10-7-11-17(6-3)14(18)12-15-13-8-9-13/h13,15H,4-12H2,1-3H3. The average Bonchev–Trinajstić information content (AvgIpc) is 3.20. The lowest BCUT2D eigenvalue weighted by molar-refractivity contribution is -0.130. The van der Waals surface area contributed by atoms with Crippen LogP contribution in [0.15, 0.2) is 0 Å². The second-order valence-corrected chi connectivity index (χ2v) is 5.01. The van der Waals surface area contributed by atoms with Gasteiger partial charge in [-0.05, 0) is 45.8 Å². The van der Waals surface area contributed by atoms with Crippen molar-refractivity contribution in [1.29, 1.82) is 0 Å². The second kappa shape index (κ2) is 8.48. The molecule has 1 aliphatic rings. The summed E-state index contributed by atoms with van der Waals surface area (Å²) in [5.74, 6) is 0.254. The number of likely N-dealkylation sites (N-methyl/N-ethyl adjacent to an activating group) is 1. The smallest absolute Gasteiger partial charge is 0.236 e. The van der Waals surface area contributed by atoms with Gasteiger partial charge in [0.05, 0.1) is 6.54 Å². The lowest BCUT2D eigenvalue weighted by Crippen LogP contribution is -2.40. The predicted octanol–water partition coefficient (Wildman–Crippen LogP) is 1.32. The third kappa shape index (κ3) is 5.83. The largest absolute Gasteiger partial charge is 0.342 e. The maximum absolute atomic E-state index is 12.0. The maximum atomic E-state index is 12.0. The molecule has 0 unspecified atom stereocenters. The number of hydrogen-bond donors (Lipinski definition) is 1. The van der Waals surface area contributed by atoms with Crippen molar-refractivity contribution in [3.05, 3.63) is 0 Å². The number of nitrogens with one attached hydrogen (secondary N) is 1. The van der Waals surface area contributed by atoms with E-state index in [1.54, 1.807) is 0 Å². The number of amides is 1. The van der Waals surface area contributed by atoms with E-state index in [1.165, 1.54) is 12.8 Å². The highest BCUT2D eigenvalue weighted by atomic mass is 16.2. The number of carbonyl (C=O) groups is 1. The highest BCUT2D eigenvalue weighted by Gasteiger charge is 2.22. The van der Waals surface area contributed by atoms with Gasteiger partial charge in [-0.25, -0.2) is 0 Å². The van der Waals surface area contributed by atoms with Gasteiger partial charge in [0.15, 0.2) is 0 Å². The summed E-state index contributed by atoms with van der Waals surface area (Å²) in [6.07, 6.45) is 3.55. The van der Waals surface area contributed by atoms with Gasteiger partial charge in [-0.2, -0.15) is 0 Å². The van der Waals surface area contributed by atoms with Gasteiger partial charge in [0.1, 0.15) is 0 Å². The van der Waals surface area contributed by atoms with Gasteiger partial charge in [0.25, 0.3) is 0 Å². The molecule has 106 valence electrons. The number of hydrogen-bond acceptors (Lipinski definition) is 3. The van der Waals surface area contributed by atoms with Crippen molar-refractivity contribution in [3.63, 3.8) is 0 Å². The number of rotatable bonds is 10. The van der Waals surface area contributed by atoms with Crippen LogP contribution >= 0.6 is 0 Å². The van der Waals surface area contributed by atoms with E-state index in [0.29, 0.717) is 12.6 Å². The summed E-state index contributed by atoms with van der Waals surface area (Å²) in [6.45, 7) is 11.9. The van der Waals surface area contributed by atoms with Crippen LogP contribution in [0.1, 0.15) is 40.0 Å². The van der Waals surface area contributed by atoms with Crippen LogP contribution in [0, 0.1) is 0 Å². The first-order chi connectivity index (χ1) is 8.71. The fourth-order valence-corrected chi connectivity index (χ4v) is 2.12. The Hall–Kier alpha value is -0.610. The fraction of sp³-hybridized carbons (Fsp3) is 0.929. The minimum Gasteiger partial charge on any atom is -0.342 e. The summed E-state index contributed by atoms with van der Waals surface area (Å²) < 4.78 is 0. The van der Waals surface area contributed by atoms with E-state index < -0.39 is 0 Å². The lowest BCUT2D eigenvalue weighted by Gasteiger charge is -2.23. The fourth-order valence-electron chi connectivity index (χ4n) is 2.12. The molecule has 0 bridgehead atoms. The first-order valence-corrected chi connectivity index (χ1v) is 7.44. The molecule has 4 heteroatoms. The molecule has 1 saturated carbocycles. The summed E-state index contributed by atoms with van der Waals surface area (Å²) in [4.78, 5) is 16.3. The van der Waals surface area contributed by atoms with Crippen LogP contribution in [-0.2, 0) is 4.79 Å². The predicted molar refractivity (Wildman–Crippen MR) is 75.7 cm³/mol. The van der Waals surface area contributed by atoms with Crippen LogP contribution < -0.4 is 5.32 Å². The van der Waals surface area contributed by atoms with Gasteiger partial charge in [0, 0.05) is 19.1 Å². The van der Waals surface area contributed by atoms with Crippen LogP contribution in [0.25, 0.3) is 0 Å². The summed E-state index contributed by atoms with van der Waals surface area (Å²) in [5.41, 5.74) is 0. The minimum atomic E-state index is 0.254. The van der Waals surface area contributed by atoms with E-state index in [9.17, 15) is 4.79 Å². The van der Waals surface area contributed by atoms with Gasteiger partial charge >= 0.3 is 0 Å². The summed E-state index contributed by atoms with van der Waals surface area (Å²) in [7, 11) is 0. The third-order valence-electron chi connectivity index (χ3n) is 3.65. The minimum absolute atomic E-state index is 0.254. The molecule has 1 aliphatic carbocycles. The van der Waals surface area contributed by atoms with Crippen molar-refractivity contribution in [3.8, 4) is 0 Å². The van der Waals surface area contributed by atoms with Gasteiger partial charge < -0.3 is 15.1 Å². The Morgan fingerprint density at radius 3 is 2.28 bits per heavy atom. The molecular formula is C14H29N3O. The molecule has 18 heavy (non-hydrogen) atoms. The Balaban J connectivity index is 2.16. The second-order valence-electron chi connectivity index (χ2n) is 5.01. The molecule has 0 aliphatic heterocycles. The molecule has 0 atom stereocenters. The Morgan fingerprint density at radius 1 is 1.11 bits per heavy atom.